The topological polar surface area (TPSA) is 74.6 Å². The Morgan fingerprint density at radius 3 is 2.28 bits per heavy atom. The van der Waals surface area contributed by atoms with Crippen LogP contribution < -0.4 is 0 Å². The van der Waals surface area contributed by atoms with E-state index in [1.807, 2.05) is 0 Å². The fraction of sp³-hybridized carbons (Fsp3) is 0. The number of carbonyl (C=O) groups is 2. The number of ketones is 1. The molecule has 18 heavy (non-hydrogen) atoms. The highest BCUT2D eigenvalue weighted by atomic mass is 16.4. The van der Waals surface area contributed by atoms with Crippen molar-refractivity contribution in [2.75, 3.05) is 0 Å². The summed E-state index contributed by atoms with van der Waals surface area (Å²) in [4.78, 5) is 22.2. The highest BCUT2D eigenvalue weighted by Crippen LogP contribution is 2.27. The SMILES string of the molecule is O=C(O)/C=C/C(=O)c1ccc(O)c2ccccc12. The minimum absolute atomic E-state index is 0.0874. The summed E-state index contributed by atoms with van der Waals surface area (Å²) in [6.45, 7) is 0. The Hall–Kier alpha value is -2.62. The fourth-order valence-electron chi connectivity index (χ4n) is 1.73. The third-order valence-electron chi connectivity index (χ3n) is 2.54. The number of rotatable bonds is 3. The molecule has 0 saturated carbocycles. The first-order chi connectivity index (χ1) is 8.59. The molecule has 2 aromatic rings. The van der Waals surface area contributed by atoms with Crippen molar-refractivity contribution in [3.8, 4) is 5.75 Å². The van der Waals surface area contributed by atoms with Crippen molar-refractivity contribution in [3.05, 3.63) is 54.1 Å². The van der Waals surface area contributed by atoms with Crippen LogP contribution >= 0.6 is 0 Å². The molecule has 2 aromatic carbocycles. The monoisotopic (exact) mass is 242 g/mol. The summed E-state index contributed by atoms with van der Waals surface area (Å²) in [6.07, 6.45) is 1.80. The number of carbonyl (C=O) groups excluding carboxylic acids is 1. The molecule has 0 aliphatic rings. The Morgan fingerprint density at radius 2 is 1.61 bits per heavy atom. The summed E-state index contributed by atoms with van der Waals surface area (Å²) in [6, 6.07) is 9.80. The van der Waals surface area contributed by atoms with E-state index >= 15 is 0 Å². The van der Waals surface area contributed by atoms with Gasteiger partial charge in [-0.25, -0.2) is 4.79 Å². The summed E-state index contributed by atoms with van der Waals surface area (Å²) in [7, 11) is 0. The van der Waals surface area contributed by atoms with Crippen molar-refractivity contribution in [1.82, 2.24) is 0 Å². The zero-order valence-electron chi connectivity index (χ0n) is 9.33. The first kappa shape index (κ1) is 11.9. The van der Waals surface area contributed by atoms with Crippen LogP contribution in [0.4, 0.5) is 0 Å². The third kappa shape index (κ3) is 2.22. The molecular formula is C14H10O4. The molecule has 0 atom stereocenters. The van der Waals surface area contributed by atoms with Gasteiger partial charge in [-0.2, -0.15) is 0 Å². The summed E-state index contributed by atoms with van der Waals surface area (Å²) < 4.78 is 0. The van der Waals surface area contributed by atoms with E-state index in [9.17, 15) is 14.7 Å². The van der Waals surface area contributed by atoms with Gasteiger partial charge in [-0.05, 0) is 23.6 Å². The number of phenols is 1. The Kier molecular flexibility index (Phi) is 3.10. The molecule has 0 bridgehead atoms. The number of hydrogen-bond donors (Lipinski definition) is 2. The molecule has 2 N–H and O–H groups in total. The number of phenolic OH excluding ortho intramolecular Hbond substituents is 1. The van der Waals surface area contributed by atoms with Gasteiger partial charge in [-0.1, -0.05) is 24.3 Å². The number of allylic oxidation sites excluding steroid dienone is 1. The van der Waals surface area contributed by atoms with E-state index in [-0.39, 0.29) is 5.75 Å². The number of aromatic hydroxyl groups is 1. The maximum absolute atomic E-state index is 11.8. The lowest BCUT2D eigenvalue weighted by molar-refractivity contribution is -0.131. The predicted molar refractivity (Wildman–Crippen MR) is 66.7 cm³/mol. The lowest BCUT2D eigenvalue weighted by Gasteiger charge is -2.05. The number of carboxylic acid groups (broad SMARTS) is 1. The van der Waals surface area contributed by atoms with Crippen molar-refractivity contribution < 1.29 is 19.8 Å². The Bertz CT molecular complexity index is 656. The number of aliphatic carboxylic acids is 1. The van der Waals surface area contributed by atoms with Crippen molar-refractivity contribution in [2.24, 2.45) is 0 Å². The molecule has 0 saturated heterocycles. The van der Waals surface area contributed by atoms with Crippen LogP contribution in [-0.4, -0.2) is 22.0 Å². The number of hydrogen-bond acceptors (Lipinski definition) is 3. The van der Waals surface area contributed by atoms with E-state index in [0.717, 1.165) is 12.2 Å². The van der Waals surface area contributed by atoms with Crippen LogP contribution in [0.5, 0.6) is 5.75 Å². The van der Waals surface area contributed by atoms with Gasteiger partial charge in [0.1, 0.15) is 5.75 Å². The normalized spacial score (nSPS) is 10.9. The van der Waals surface area contributed by atoms with E-state index in [1.54, 1.807) is 24.3 Å². The van der Waals surface area contributed by atoms with Crippen LogP contribution in [-0.2, 0) is 4.79 Å². The summed E-state index contributed by atoms with van der Waals surface area (Å²) in [5.41, 5.74) is 0.362. The first-order valence-electron chi connectivity index (χ1n) is 5.25. The van der Waals surface area contributed by atoms with Gasteiger partial charge >= 0.3 is 5.97 Å². The van der Waals surface area contributed by atoms with Crippen LogP contribution in [0.3, 0.4) is 0 Å². The number of benzene rings is 2. The summed E-state index contributed by atoms with van der Waals surface area (Å²) >= 11 is 0. The van der Waals surface area contributed by atoms with E-state index in [0.29, 0.717) is 16.3 Å². The van der Waals surface area contributed by atoms with Gasteiger partial charge in [0.05, 0.1) is 0 Å². The molecular weight excluding hydrogens is 232 g/mol. The zero-order valence-corrected chi connectivity index (χ0v) is 9.33. The molecule has 0 aliphatic carbocycles. The van der Waals surface area contributed by atoms with E-state index in [1.165, 1.54) is 12.1 Å². The molecule has 4 heteroatoms. The van der Waals surface area contributed by atoms with Gasteiger partial charge in [0.2, 0.25) is 0 Å². The fourth-order valence-corrected chi connectivity index (χ4v) is 1.73. The molecule has 0 heterocycles. The predicted octanol–water partition coefficient (Wildman–Crippen LogP) is 2.37. The molecule has 0 radical (unpaired) electrons. The second-order valence-electron chi connectivity index (χ2n) is 3.71. The van der Waals surface area contributed by atoms with E-state index in [2.05, 4.69) is 0 Å². The molecule has 0 aromatic heterocycles. The average Bonchev–Trinajstić information content (AvgIpc) is 2.37. The first-order valence-corrected chi connectivity index (χ1v) is 5.25. The second kappa shape index (κ2) is 4.71. The Morgan fingerprint density at radius 1 is 0.944 bits per heavy atom. The van der Waals surface area contributed by atoms with Crippen LogP contribution in [0.15, 0.2) is 48.6 Å². The van der Waals surface area contributed by atoms with Crippen LogP contribution in [0.25, 0.3) is 10.8 Å². The maximum Gasteiger partial charge on any atom is 0.328 e. The lowest BCUT2D eigenvalue weighted by Crippen LogP contribution is -1.97. The van der Waals surface area contributed by atoms with E-state index in [4.69, 9.17) is 5.11 Å². The van der Waals surface area contributed by atoms with Crippen molar-refractivity contribution >= 4 is 22.5 Å². The zero-order chi connectivity index (χ0) is 13.1. The second-order valence-corrected chi connectivity index (χ2v) is 3.71. The lowest BCUT2D eigenvalue weighted by atomic mass is 10.0. The molecule has 90 valence electrons. The Balaban J connectivity index is 2.55. The van der Waals surface area contributed by atoms with E-state index < -0.39 is 11.8 Å². The van der Waals surface area contributed by atoms with Gasteiger partial charge in [-0.3, -0.25) is 4.79 Å². The van der Waals surface area contributed by atoms with Crippen molar-refractivity contribution in [3.63, 3.8) is 0 Å². The molecule has 0 aliphatic heterocycles. The van der Waals surface area contributed by atoms with Crippen LogP contribution in [0.1, 0.15) is 10.4 Å². The minimum Gasteiger partial charge on any atom is -0.507 e. The molecule has 0 fully saturated rings. The van der Waals surface area contributed by atoms with Gasteiger partial charge < -0.3 is 10.2 Å². The van der Waals surface area contributed by atoms with Crippen molar-refractivity contribution in [1.29, 1.82) is 0 Å². The van der Waals surface area contributed by atoms with Gasteiger partial charge in [0.25, 0.3) is 0 Å². The molecule has 4 nitrogen and oxygen atoms in total. The smallest absolute Gasteiger partial charge is 0.328 e. The highest BCUT2D eigenvalue weighted by Gasteiger charge is 2.09. The van der Waals surface area contributed by atoms with Gasteiger partial charge in [0, 0.05) is 17.0 Å². The van der Waals surface area contributed by atoms with Crippen molar-refractivity contribution in [2.45, 2.75) is 0 Å². The highest BCUT2D eigenvalue weighted by molar-refractivity contribution is 6.15. The molecule has 0 unspecified atom stereocenters. The quantitative estimate of drug-likeness (QED) is 0.640. The average molecular weight is 242 g/mol. The Labute approximate surface area is 103 Å². The standard InChI is InChI=1S/C14H10O4/c15-12-6-5-11(13(16)7-8-14(17)18)9-3-1-2-4-10(9)12/h1-8,15H,(H,17,18)/b8-7+. The number of fused-ring (bicyclic) bond motifs is 1. The summed E-state index contributed by atoms with van der Waals surface area (Å²) in [5, 5.41) is 19.3. The largest absolute Gasteiger partial charge is 0.507 e. The van der Waals surface area contributed by atoms with Crippen LogP contribution in [0.2, 0.25) is 0 Å². The van der Waals surface area contributed by atoms with Gasteiger partial charge in [0.15, 0.2) is 5.78 Å². The minimum atomic E-state index is -1.17. The molecule has 0 amide bonds. The van der Waals surface area contributed by atoms with Gasteiger partial charge in [-0.15, -0.1) is 0 Å². The molecule has 0 spiro atoms. The van der Waals surface area contributed by atoms with Crippen LogP contribution in [0, 0.1) is 0 Å². The maximum atomic E-state index is 11.8. The molecule has 2 rings (SSSR count). The number of carboxylic acids is 1. The summed E-state index contributed by atoms with van der Waals surface area (Å²) in [5.74, 6) is -1.50. The third-order valence-corrected chi connectivity index (χ3v) is 2.54.